The van der Waals surface area contributed by atoms with E-state index in [9.17, 15) is 14.4 Å². The Bertz CT molecular complexity index is 693. The number of hydrogen-bond acceptors (Lipinski definition) is 4. The summed E-state index contributed by atoms with van der Waals surface area (Å²) in [4.78, 5) is 38.0. The van der Waals surface area contributed by atoms with Crippen LogP contribution in [-0.2, 0) is 16.0 Å². The highest BCUT2D eigenvalue weighted by Gasteiger charge is 2.41. The van der Waals surface area contributed by atoms with Crippen LogP contribution in [0.4, 0.5) is 0 Å². The SMILES string of the molecule is CCS[C@H]1C(C(=O)c2ccc(CC)cc2)=C(CC(=O)O)C(=O)N1C. The number of rotatable bonds is 7. The number of carbonyl (C=O) groups excluding carboxylic acids is 2. The monoisotopic (exact) mass is 347 g/mol. The van der Waals surface area contributed by atoms with Crippen LogP contribution < -0.4 is 0 Å². The zero-order chi connectivity index (χ0) is 17.9. The van der Waals surface area contributed by atoms with Crippen molar-refractivity contribution in [1.82, 2.24) is 4.90 Å². The van der Waals surface area contributed by atoms with E-state index in [1.165, 1.54) is 16.7 Å². The predicted octanol–water partition coefficient (Wildman–Crippen LogP) is 2.75. The lowest BCUT2D eigenvalue weighted by atomic mass is 9.97. The van der Waals surface area contributed by atoms with Crippen LogP contribution in [0, 0.1) is 0 Å². The minimum absolute atomic E-state index is 0.0977. The van der Waals surface area contributed by atoms with Crippen molar-refractivity contribution in [2.45, 2.75) is 32.1 Å². The van der Waals surface area contributed by atoms with Gasteiger partial charge in [0.05, 0.1) is 6.42 Å². The summed E-state index contributed by atoms with van der Waals surface area (Å²) in [7, 11) is 1.61. The maximum absolute atomic E-state index is 13.0. The molecule has 0 spiro atoms. The molecule has 24 heavy (non-hydrogen) atoms. The first-order valence-electron chi connectivity index (χ1n) is 7.87. The lowest BCUT2D eigenvalue weighted by Gasteiger charge is -2.21. The second kappa shape index (κ2) is 7.66. The van der Waals surface area contributed by atoms with Gasteiger partial charge in [0.25, 0.3) is 5.91 Å². The molecular formula is C18H21NO4S. The Labute approximate surface area is 145 Å². The average molecular weight is 347 g/mol. The standard InChI is InChI=1S/C18H21NO4S/c1-4-11-6-8-12(9-7-11)16(22)15-13(10-14(20)21)17(23)19(3)18(15)24-5-2/h6-9,18H,4-5,10H2,1-3H3,(H,20,21)/t18-/m0/s1. The van der Waals surface area contributed by atoms with Gasteiger partial charge in [-0.1, -0.05) is 38.1 Å². The third kappa shape index (κ3) is 3.53. The van der Waals surface area contributed by atoms with Gasteiger partial charge in [0, 0.05) is 23.8 Å². The number of aliphatic carboxylic acids is 1. The maximum Gasteiger partial charge on any atom is 0.308 e. The first-order valence-corrected chi connectivity index (χ1v) is 8.92. The molecule has 1 aromatic carbocycles. The topological polar surface area (TPSA) is 74.7 Å². The second-order valence-corrected chi connectivity index (χ2v) is 6.92. The summed E-state index contributed by atoms with van der Waals surface area (Å²) in [5.74, 6) is -1.04. The highest BCUT2D eigenvalue weighted by Crippen LogP contribution is 2.35. The number of thioether (sulfide) groups is 1. The number of aryl methyl sites for hydroxylation is 1. The van der Waals surface area contributed by atoms with Gasteiger partial charge in [0.1, 0.15) is 5.37 Å². The van der Waals surface area contributed by atoms with E-state index >= 15 is 0 Å². The highest BCUT2D eigenvalue weighted by atomic mass is 32.2. The van der Waals surface area contributed by atoms with Gasteiger partial charge in [0.2, 0.25) is 0 Å². The Morgan fingerprint density at radius 2 is 1.83 bits per heavy atom. The molecular weight excluding hydrogens is 326 g/mol. The number of likely N-dealkylation sites (N-methyl/N-ethyl adjacent to an activating group) is 1. The molecule has 0 saturated heterocycles. The number of hydrogen-bond donors (Lipinski definition) is 1. The van der Waals surface area contributed by atoms with Gasteiger partial charge in [-0.2, -0.15) is 0 Å². The Kier molecular flexibility index (Phi) is 5.83. The summed E-state index contributed by atoms with van der Waals surface area (Å²) in [6.07, 6.45) is 0.440. The molecule has 1 aromatic rings. The van der Waals surface area contributed by atoms with E-state index in [1.54, 1.807) is 19.2 Å². The number of benzene rings is 1. The van der Waals surface area contributed by atoms with Gasteiger partial charge < -0.3 is 10.0 Å². The van der Waals surface area contributed by atoms with Crippen molar-refractivity contribution in [3.05, 3.63) is 46.5 Å². The van der Waals surface area contributed by atoms with E-state index in [0.717, 1.165) is 12.0 Å². The van der Waals surface area contributed by atoms with Crippen LogP contribution in [0.5, 0.6) is 0 Å². The summed E-state index contributed by atoms with van der Waals surface area (Å²) in [5.41, 5.74) is 2.00. The number of carbonyl (C=O) groups is 3. The van der Waals surface area contributed by atoms with Crippen LogP contribution in [-0.4, -0.2) is 45.8 Å². The second-order valence-electron chi connectivity index (χ2n) is 5.57. The summed E-state index contributed by atoms with van der Waals surface area (Å²) in [5, 5.41) is 8.67. The molecule has 1 N–H and O–H groups in total. The summed E-state index contributed by atoms with van der Waals surface area (Å²) in [6, 6.07) is 7.24. The van der Waals surface area contributed by atoms with Gasteiger partial charge in [-0.15, -0.1) is 11.8 Å². The molecule has 0 fully saturated rings. The molecule has 0 aliphatic carbocycles. The fourth-order valence-electron chi connectivity index (χ4n) is 2.75. The molecule has 1 heterocycles. The van der Waals surface area contributed by atoms with Crippen LogP contribution in [0.25, 0.3) is 0 Å². The molecule has 0 unspecified atom stereocenters. The quantitative estimate of drug-likeness (QED) is 0.768. The van der Waals surface area contributed by atoms with Gasteiger partial charge >= 0.3 is 5.97 Å². The first-order chi connectivity index (χ1) is 11.4. The van der Waals surface area contributed by atoms with Gasteiger partial charge in [-0.25, -0.2) is 0 Å². The van der Waals surface area contributed by atoms with E-state index < -0.39 is 17.8 Å². The number of carboxylic acids is 1. The van der Waals surface area contributed by atoms with Gasteiger partial charge in [0.15, 0.2) is 5.78 Å². The van der Waals surface area contributed by atoms with Crippen LogP contribution in [0.3, 0.4) is 0 Å². The first kappa shape index (κ1) is 18.3. The third-order valence-electron chi connectivity index (χ3n) is 4.02. The van der Waals surface area contributed by atoms with E-state index in [4.69, 9.17) is 5.11 Å². The van der Waals surface area contributed by atoms with Crippen molar-refractivity contribution in [2.24, 2.45) is 0 Å². The number of ketones is 1. The number of amides is 1. The Morgan fingerprint density at radius 3 is 2.33 bits per heavy atom. The molecule has 1 aliphatic rings. The van der Waals surface area contributed by atoms with Gasteiger partial charge in [-0.05, 0) is 17.7 Å². The lowest BCUT2D eigenvalue weighted by molar-refractivity contribution is -0.137. The maximum atomic E-state index is 13.0. The molecule has 128 valence electrons. The summed E-state index contributed by atoms with van der Waals surface area (Å²) >= 11 is 1.45. The fourth-order valence-corrected chi connectivity index (χ4v) is 3.80. The molecule has 5 nitrogen and oxygen atoms in total. The van der Waals surface area contributed by atoms with E-state index in [1.807, 2.05) is 26.0 Å². The highest BCUT2D eigenvalue weighted by molar-refractivity contribution is 8.00. The lowest BCUT2D eigenvalue weighted by Crippen LogP contribution is -2.31. The van der Waals surface area contributed by atoms with Crippen molar-refractivity contribution in [3.63, 3.8) is 0 Å². The molecule has 6 heteroatoms. The minimum atomic E-state index is -1.11. The summed E-state index contributed by atoms with van der Waals surface area (Å²) in [6.45, 7) is 3.97. The van der Waals surface area contributed by atoms with Crippen LogP contribution in [0.2, 0.25) is 0 Å². The fraction of sp³-hybridized carbons (Fsp3) is 0.389. The van der Waals surface area contributed by atoms with Crippen molar-refractivity contribution >= 4 is 29.4 Å². The van der Waals surface area contributed by atoms with Crippen LogP contribution >= 0.6 is 11.8 Å². The molecule has 0 saturated carbocycles. The zero-order valence-electron chi connectivity index (χ0n) is 14.0. The molecule has 0 radical (unpaired) electrons. The Morgan fingerprint density at radius 1 is 1.21 bits per heavy atom. The predicted molar refractivity (Wildman–Crippen MR) is 94.1 cm³/mol. The van der Waals surface area contributed by atoms with Crippen molar-refractivity contribution in [2.75, 3.05) is 12.8 Å². The molecule has 1 amide bonds. The van der Waals surface area contributed by atoms with Gasteiger partial charge in [-0.3, -0.25) is 14.4 Å². The number of carboxylic acid groups (broad SMARTS) is 1. The van der Waals surface area contributed by atoms with E-state index in [-0.39, 0.29) is 17.3 Å². The molecule has 1 atom stereocenters. The largest absolute Gasteiger partial charge is 0.481 e. The Balaban J connectivity index is 2.48. The molecule has 2 rings (SSSR count). The molecule has 0 aromatic heterocycles. The summed E-state index contributed by atoms with van der Waals surface area (Å²) < 4.78 is 0. The van der Waals surface area contributed by atoms with Crippen molar-refractivity contribution < 1.29 is 19.5 Å². The number of Topliss-reactive ketones (excluding diaryl/α,β-unsaturated/α-hetero) is 1. The smallest absolute Gasteiger partial charge is 0.308 e. The van der Waals surface area contributed by atoms with Crippen LogP contribution in [0.1, 0.15) is 36.2 Å². The van der Waals surface area contributed by atoms with Crippen molar-refractivity contribution in [1.29, 1.82) is 0 Å². The normalized spacial score (nSPS) is 17.5. The van der Waals surface area contributed by atoms with Crippen molar-refractivity contribution in [3.8, 4) is 0 Å². The number of nitrogens with zero attached hydrogens (tertiary/aromatic N) is 1. The average Bonchev–Trinajstić information content (AvgIpc) is 2.79. The van der Waals surface area contributed by atoms with E-state index in [2.05, 4.69) is 0 Å². The third-order valence-corrected chi connectivity index (χ3v) is 5.22. The zero-order valence-corrected chi connectivity index (χ0v) is 14.9. The molecule has 1 aliphatic heterocycles. The van der Waals surface area contributed by atoms with Crippen LogP contribution in [0.15, 0.2) is 35.4 Å². The van der Waals surface area contributed by atoms with E-state index in [0.29, 0.717) is 16.9 Å². The Hall–Kier alpha value is -2.08. The molecule has 0 bridgehead atoms. The minimum Gasteiger partial charge on any atom is -0.481 e.